The van der Waals surface area contributed by atoms with E-state index in [0.717, 1.165) is 0 Å². The minimum atomic E-state index is -0.0826. The van der Waals surface area contributed by atoms with Crippen LogP contribution >= 0.6 is 0 Å². The number of ether oxygens (including phenoxy) is 1. The molecule has 0 aromatic heterocycles. The monoisotopic (exact) mass is 250 g/mol. The normalized spacial score (nSPS) is 9.89. The van der Waals surface area contributed by atoms with Crippen molar-refractivity contribution < 1.29 is 14.3 Å². The summed E-state index contributed by atoms with van der Waals surface area (Å²) < 4.78 is 5.39. The summed E-state index contributed by atoms with van der Waals surface area (Å²) >= 11 is 0. The first-order valence-electron chi connectivity index (χ1n) is 5.84. The van der Waals surface area contributed by atoms with E-state index in [4.69, 9.17) is 10.5 Å². The number of carbonyl (C=O) groups excluding carboxylic acids is 2. The van der Waals surface area contributed by atoms with Crippen LogP contribution in [-0.4, -0.2) is 31.4 Å². The van der Waals surface area contributed by atoms with E-state index in [9.17, 15) is 9.59 Å². The van der Waals surface area contributed by atoms with Crippen LogP contribution in [0.4, 0.5) is 0 Å². The summed E-state index contributed by atoms with van der Waals surface area (Å²) in [5, 5.41) is 2.65. The highest BCUT2D eigenvalue weighted by Gasteiger charge is 2.02. The van der Waals surface area contributed by atoms with Gasteiger partial charge >= 0.3 is 0 Å². The summed E-state index contributed by atoms with van der Waals surface area (Å²) in [6.45, 7) is 2.72. The van der Waals surface area contributed by atoms with Gasteiger partial charge in [-0.2, -0.15) is 0 Å². The number of benzene rings is 1. The molecule has 0 unspecified atom stereocenters. The number of nitrogens with two attached hydrogens (primary N) is 1. The van der Waals surface area contributed by atoms with Crippen LogP contribution in [0.5, 0.6) is 5.75 Å². The first-order chi connectivity index (χ1) is 8.63. The van der Waals surface area contributed by atoms with E-state index >= 15 is 0 Å². The lowest BCUT2D eigenvalue weighted by Gasteiger charge is -2.07. The highest BCUT2D eigenvalue weighted by molar-refractivity contribution is 5.94. The van der Waals surface area contributed by atoms with Crippen molar-refractivity contribution in [1.29, 1.82) is 0 Å². The Bertz CT molecular complexity index is 401. The standard InChI is InChI=1S/C13H18N2O3/c1-10(16)11-2-4-12(5-3-11)18-9-6-13(17)15-8-7-14/h2-5H,6-9,14H2,1H3,(H,15,17). The zero-order chi connectivity index (χ0) is 13.4. The molecule has 18 heavy (non-hydrogen) atoms. The maximum atomic E-state index is 11.2. The Hall–Kier alpha value is -1.88. The van der Waals surface area contributed by atoms with E-state index in [2.05, 4.69) is 5.32 Å². The fourth-order valence-electron chi connectivity index (χ4n) is 1.35. The van der Waals surface area contributed by atoms with Gasteiger partial charge in [0.2, 0.25) is 5.91 Å². The van der Waals surface area contributed by atoms with Crippen LogP contribution in [0.3, 0.4) is 0 Å². The van der Waals surface area contributed by atoms with Crippen molar-refractivity contribution in [3.63, 3.8) is 0 Å². The molecule has 0 bridgehead atoms. The molecule has 0 spiro atoms. The summed E-state index contributed by atoms with van der Waals surface area (Å²) in [5.74, 6) is 0.579. The molecule has 1 amide bonds. The molecule has 0 saturated heterocycles. The highest BCUT2D eigenvalue weighted by Crippen LogP contribution is 2.12. The summed E-state index contributed by atoms with van der Waals surface area (Å²) in [7, 11) is 0. The Morgan fingerprint density at radius 3 is 2.50 bits per heavy atom. The van der Waals surface area contributed by atoms with E-state index in [1.54, 1.807) is 24.3 Å². The molecular formula is C13H18N2O3. The van der Waals surface area contributed by atoms with Crippen molar-refractivity contribution in [3.05, 3.63) is 29.8 Å². The fourth-order valence-corrected chi connectivity index (χ4v) is 1.35. The molecule has 0 fully saturated rings. The Morgan fingerprint density at radius 1 is 1.28 bits per heavy atom. The molecule has 0 aliphatic carbocycles. The van der Waals surface area contributed by atoms with Gasteiger partial charge in [0.1, 0.15) is 5.75 Å². The second kappa shape index (κ2) is 7.45. The van der Waals surface area contributed by atoms with Crippen LogP contribution < -0.4 is 15.8 Å². The van der Waals surface area contributed by atoms with Gasteiger partial charge < -0.3 is 15.8 Å². The van der Waals surface area contributed by atoms with Gasteiger partial charge in [0, 0.05) is 18.7 Å². The third-order valence-electron chi connectivity index (χ3n) is 2.33. The van der Waals surface area contributed by atoms with Gasteiger partial charge in [-0.05, 0) is 31.2 Å². The molecule has 0 heterocycles. The molecular weight excluding hydrogens is 232 g/mol. The number of Topliss-reactive ketones (excluding diaryl/α,β-unsaturated/α-hetero) is 1. The number of carbonyl (C=O) groups is 2. The van der Waals surface area contributed by atoms with E-state index < -0.39 is 0 Å². The summed E-state index contributed by atoms with van der Waals surface area (Å²) in [4.78, 5) is 22.3. The van der Waals surface area contributed by atoms with Crippen molar-refractivity contribution >= 4 is 11.7 Å². The van der Waals surface area contributed by atoms with Gasteiger partial charge in [0.05, 0.1) is 13.0 Å². The van der Waals surface area contributed by atoms with Crippen LogP contribution in [0, 0.1) is 0 Å². The molecule has 5 heteroatoms. The molecule has 3 N–H and O–H groups in total. The van der Waals surface area contributed by atoms with Gasteiger partial charge in [-0.15, -0.1) is 0 Å². The van der Waals surface area contributed by atoms with E-state index in [0.29, 0.717) is 31.0 Å². The van der Waals surface area contributed by atoms with Gasteiger partial charge in [-0.1, -0.05) is 0 Å². The smallest absolute Gasteiger partial charge is 0.223 e. The van der Waals surface area contributed by atoms with Gasteiger partial charge in [-0.25, -0.2) is 0 Å². The summed E-state index contributed by atoms with van der Waals surface area (Å²) in [6.07, 6.45) is 0.286. The van der Waals surface area contributed by atoms with Crippen molar-refractivity contribution in [2.24, 2.45) is 5.73 Å². The number of hydrogen-bond acceptors (Lipinski definition) is 4. The first kappa shape index (κ1) is 14.2. The third kappa shape index (κ3) is 4.97. The number of amides is 1. The predicted molar refractivity (Wildman–Crippen MR) is 68.6 cm³/mol. The van der Waals surface area contributed by atoms with E-state index in [1.165, 1.54) is 6.92 Å². The van der Waals surface area contributed by atoms with Crippen LogP contribution in [0.1, 0.15) is 23.7 Å². The van der Waals surface area contributed by atoms with Gasteiger partial charge in [0.15, 0.2) is 5.78 Å². The van der Waals surface area contributed by atoms with Gasteiger partial charge in [0.25, 0.3) is 0 Å². The fraction of sp³-hybridized carbons (Fsp3) is 0.385. The zero-order valence-electron chi connectivity index (χ0n) is 10.4. The number of ketones is 1. The van der Waals surface area contributed by atoms with E-state index in [1.807, 2.05) is 0 Å². The molecule has 98 valence electrons. The first-order valence-corrected chi connectivity index (χ1v) is 5.84. The van der Waals surface area contributed by atoms with Crippen LogP contribution in [0.2, 0.25) is 0 Å². The Morgan fingerprint density at radius 2 is 1.94 bits per heavy atom. The van der Waals surface area contributed by atoms with Crippen molar-refractivity contribution in [1.82, 2.24) is 5.32 Å². The van der Waals surface area contributed by atoms with Crippen molar-refractivity contribution in [3.8, 4) is 5.75 Å². The second-order valence-corrected chi connectivity index (χ2v) is 3.82. The Labute approximate surface area is 106 Å². The lowest BCUT2D eigenvalue weighted by atomic mass is 10.1. The van der Waals surface area contributed by atoms with Crippen molar-refractivity contribution in [2.75, 3.05) is 19.7 Å². The molecule has 0 saturated carbocycles. The quantitative estimate of drug-likeness (QED) is 0.699. The molecule has 1 aromatic carbocycles. The molecule has 1 aromatic rings. The highest BCUT2D eigenvalue weighted by atomic mass is 16.5. The Kier molecular flexibility index (Phi) is 5.87. The number of nitrogens with one attached hydrogen (secondary N) is 1. The average Bonchev–Trinajstić information content (AvgIpc) is 2.37. The molecule has 0 aliphatic rings. The number of hydrogen-bond donors (Lipinski definition) is 2. The summed E-state index contributed by atoms with van der Waals surface area (Å²) in [5.41, 5.74) is 5.90. The lowest BCUT2D eigenvalue weighted by molar-refractivity contribution is -0.121. The zero-order valence-corrected chi connectivity index (χ0v) is 10.4. The summed E-state index contributed by atoms with van der Waals surface area (Å²) in [6, 6.07) is 6.83. The van der Waals surface area contributed by atoms with Crippen LogP contribution in [-0.2, 0) is 4.79 Å². The second-order valence-electron chi connectivity index (χ2n) is 3.82. The maximum Gasteiger partial charge on any atom is 0.223 e. The molecule has 0 radical (unpaired) electrons. The molecule has 0 aliphatic heterocycles. The van der Waals surface area contributed by atoms with E-state index in [-0.39, 0.29) is 18.1 Å². The van der Waals surface area contributed by atoms with Gasteiger partial charge in [-0.3, -0.25) is 9.59 Å². The molecule has 5 nitrogen and oxygen atoms in total. The topological polar surface area (TPSA) is 81.4 Å². The average molecular weight is 250 g/mol. The maximum absolute atomic E-state index is 11.2. The van der Waals surface area contributed by atoms with Crippen LogP contribution in [0.25, 0.3) is 0 Å². The van der Waals surface area contributed by atoms with Crippen molar-refractivity contribution in [2.45, 2.75) is 13.3 Å². The Balaban J connectivity index is 2.31. The molecule has 0 atom stereocenters. The minimum absolute atomic E-state index is 0.0164. The third-order valence-corrected chi connectivity index (χ3v) is 2.33. The lowest BCUT2D eigenvalue weighted by Crippen LogP contribution is -2.29. The number of rotatable bonds is 7. The largest absolute Gasteiger partial charge is 0.493 e. The SMILES string of the molecule is CC(=O)c1ccc(OCCC(=O)NCCN)cc1. The minimum Gasteiger partial charge on any atom is -0.493 e. The predicted octanol–water partition coefficient (Wildman–Crippen LogP) is 0.733. The molecule has 1 rings (SSSR count). The van der Waals surface area contributed by atoms with Crippen LogP contribution in [0.15, 0.2) is 24.3 Å².